The minimum absolute atomic E-state index is 0.845. The Morgan fingerprint density at radius 3 is 2.06 bits per heavy atom. The third-order valence-electron chi connectivity index (χ3n) is 4.02. The maximum atomic E-state index is 4.22. The van der Waals surface area contributed by atoms with Gasteiger partial charge in [-0.25, -0.2) is 0 Å². The molecule has 0 aromatic rings. The van der Waals surface area contributed by atoms with Gasteiger partial charge in [-0.3, -0.25) is 0 Å². The Balaban J connectivity index is 2.54. The molecule has 0 N–H and O–H groups in total. The van der Waals surface area contributed by atoms with E-state index < -0.39 is 0 Å². The molecule has 0 amide bonds. The van der Waals surface area contributed by atoms with E-state index in [2.05, 4.69) is 38.8 Å². The van der Waals surface area contributed by atoms with Crippen molar-refractivity contribution >= 4 is 0 Å². The molecular weight excluding hydrogens is 194 g/mol. The van der Waals surface area contributed by atoms with Crippen molar-refractivity contribution in [2.45, 2.75) is 46.5 Å². The highest BCUT2D eigenvalue weighted by Crippen LogP contribution is 2.26. The van der Waals surface area contributed by atoms with Crippen LogP contribution < -0.4 is 0 Å². The largest absolute Gasteiger partial charge is 0.372 e. The second kappa shape index (κ2) is 6.12. The molecule has 1 heteroatoms. The fraction of sp³-hybridized carbons (Fsp3) is 0.733. The first kappa shape index (κ1) is 13.3. The van der Waals surface area contributed by atoms with Crippen LogP contribution >= 0.6 is 0 Å². The van der Waals surface area contributed by atoms with Crippen LogP contribution in [-0.4, -0.2) is 18.0 Å². The highest BCUT2D eigenvalue weighted by atomic mass is 15.1. The smallest absolute Gasteiger partial charge is 0.0319 e. The summed E-state index contributed by atoms with van der Waals surface area (Å²) in [6, 6.07) is 0. The standard InChI is InChI=1S/C15H27N/c1-6-7-14(4)15(5)16-10-8-12(2)13(3)9-11-16/h12-13H,4-11H2,1-3H3. The summed E-state index contributed by atoms with van der Waals surface area (Å²) >= 11 is 0. The Bertz CT molecular complexity index is 242. The first-order valence-corrected chi connectivity index (χ1v) is 6.68. The monoisotopic (exact) mass is 221 g/mol. The predicted molar refractivity (Wildman–Crippen MR) is 72.3 cm³/mol. The van der Waals surface area contributed by atoms with Crippen molar-refractivity contribution < 1.29 is 0 Å². The van der Waals surface area contributed by atoms with E-state index in [1.54, 1.807) is 0 Å². The van der Waals surface area contributed by atoms with Gasteiger partial charge in [0.2, 0.25) is 0 Å². The molecule has 1 fully saturated rings. The van der Waals surface area contributed by atoms with Crippen LogP contribution in [-0.2, 0) is 0 Å². The quantitative estimate of drug-likeness (QED) is 0.642. The third kappa shape index (κ3) is 3.40. The molecule has 1 rings (SSSR count). The van der Waals surface area contributed by atoms with Crippen LogP contribution in [0.25, 0.3) is 0 Å². The van der Waals surface area contributed by atoms with Gasteiger partial charge in [0.05, 0.1) is 0 Å². The molecule has 1 saturated heterocycles. The van der Waals surface area contributed by atoms with E-state index in [0.717, 1.165) is 31.3 Å². The van der Waals surface area contributed by atoms with Crippen LogP contribution in [0.3, 0.4) is 0 Å². The zero-order valence-electron chi connectivity index (χ0n) is 11.3. The molecule has 0 bridgehead atoms. The molecule has 1 heterocycles. The molecule has 0 aromatic carbocycles. The van der Waals surface area contributed by atoms with E-state index in [1.165, 1.54) is 30.5 Å². The van der Waals surface area contributed by atoms with Crippen LogP contribution in [0.2, 0.25) is 0 Å². The van der Waals surface area contributed by atoms with Crippen molar-refractivity contribution in [3.05, 3.63) is 24.4 Å². The summed E-state index contributed by atoms with van der Waals surface area (Å²) in [5, 5.41) is 0. The van der Waals surface area contributed by atoms with Crippen molar-refractivity contribution in [3.63, 3.8) is 0 Å². The molecule has 0 spiro atoms. The fourth-order valence-electron chi connectivity index (χ4n) is 2.34. The molecule has 0 radical (unpaired) electrons. The van der Waals surface area contributed by atoms with Crippen molar-refractivity contribution in [3.8, 4) is 0 Å². The molecule has 0 saturated carbocycles. The molecule has 0 aliphatic carbocycles. The second-order valence-electron chi connectivity index (χ2n) is 5.32. The minimum atomic E-state index is 0.845. The van der Waals surface area contributed by atoms with Gasteiger partial charge in [0.1, 0.15) is 0 Å². The molecule has 1 aliphatic rings. The van der Waals surface area contributed by atoms with E-state index in [9.17, 15) is 0 Å². The van der Waals surface area contributed by atoms with Gasteiger partial charge in [-0.15, -0.1) is 0 Å². The summed E-state index contributed by atoms with van der Waals surface area (Å²) in [7, 11) is 0. The van der Waals surface area contributed by atoms with Crippen molar-refractivity contribution in [2.24, 2.45) is 11.8 Å². The lowest BCUT2D eigenvalue weighted by molar-refractivity contribution is 0.358. The highest BCUT2D eigenvalue weighted by Gasteiger charge is 2.20. The van der Waals surface area contributed by atoms with E-state index >= 15 is 0 Å². The van der Waals surface area contributed by atoms with Gasteiger partial charge in [-0.1, -0.05) is 40.3 Å². The molecule has 2 unspecified atom stereocenters. The number of likely N-dealkylation sites (tertiary alicyclic amines) is 1. The van der Waals surface area contributed by atoms with Crippen molar-refractivity contribution in [1.82, 2.24) is 4.90 Å². The Kier molecular flexibility index (Phi) is 5.11. The average molecular weight is 221 g/mol. The molecule has 16 heavy (non-hydrogen) atoms. The van der Waals surface area contributed by atoms with Gasteiger partial charge in [0.15, 0.2) is 0 Å². The lowest BCUT2D eigenvalue weighted by Crippen LogP contribution is -2.24. The van der Waals surface area contributed by atoms with E-state index in [0.29, 0.717) is 0 Å². The minimum Gasteiger partial charge on any atom is -0.372 e. The topological polar surface area (TPSA) is 3.24 Å². The molecule has 2 atom stereocenters. The zero-order chi connectivity index (χ0) is 12.1. The average Bonchev–Trinajstić information content (AvgIpc) is 2.42. The summed E-state index contributed by atoms with van der Waals surface area (Å²) in [5.74, 6) is 1.69. The van der Waals surface area contributed by atoms with Gasteiger partial charge in [-0.05, 0) is 36.7 Å². The summed E-state index contributed by atoms with van der Waals surface area (Å²) < 4.78 is 0. The molecule has 1 aliphatic heterocycles. The molecule has 0 aromatic heterocycles. The Morgan fingerprint density at radius 1 is 1.12 bits per heavy atom. The number of hydrogen-bond donors (Lipinski definition) is 0. The third-order valence-corrected chi connectivity index (χ3v) is 4.02. The SMILES string of the molecule is C=C(CCC)C(=C)N1CCC(C)C(C)CC1. The predicted octanol–water partition coefficient (Wildman–Crippen LogP) is 4.22. The van der Waals surface area contributed by atoms with Crippen LogP contribution in [0, 0.1) is 11.8 Å². The fourth-order valence-corrected chi connectivity index (χ4v) is 2.34. The highest BCUT2D eigenvalue weighted by molar-refractivity contribution is 5.24. The first-order valence-electron chi connectivity index (χ1n) is 6.68. The Labute approximate surface area is 101 Å². The normalized spacial score (nSPS) is 26.3. The molecule has 92 valence electrons. The zero-order valence-corrected chi connectivity index (χ0v) is 11.3. The van der Waals surface area contributed by atoms with Crippen LogP contribution in [0.5, 0.6) is 0 Å². The van der Waals surface area contributed by atoms with Gasteiger partial charge in [-0.2, -0.15) is 0 Å². The van der Waals surface area contributed by atoms with Gasteiger partial charge in [0, 0.05) is 18.8 Å². The molecular formula is C15H27N. The maximum absolute atomic E-state index is 4.22. The Morgan fingerprint density at radius 2 is 1.62 bits per heavy atom. The van der Waals surface area contributed by atoms with Crippen LogP contribution in [0.4, 0.5) is 0 Å². The van der Waals surface area contributed by atoms with E-state index in [4.69, 9.17) is 0 Å². The number of nitrogens with zero attached hydrogens (tertiary/aromatic N) is 1. The summed E-state index contributed by atoms with van der Waals surface area (Å²) in [4.78, 5) is 2.44. The lowest BCUT2D eigenvalue weighted by atomic mass is 9.92. The van der Waals surface area contributed by atoms with Gasteiger partial charge < -0.3 is 4.90 Å². The Hall–Kier alpha value is -0.720. The van der Waals surface area contributed by atoms with Crippen LogP contribution in [0.1, 0.15) is 46.5 Å². The summed E-state index contributed by atoms with van der Waals surface area (Å²) in [5.41, 5.74) is 2.41. The second-order valence-corrected chi connectivity index (χ2v) is 5.32. The number of hydrogen-bond acceptors (Lipinski definition) is 1. The van der Waals surface area contributed by atoms with E-state index in [1.807, 2.05) is 0 Å². The summed E-state index contributed by atoms with van der Waals surface area (Å²) in [6.07, 6.45) is 4.83. The van der Waals surface area contributed by atoms with Crippen molar-refractivity contribution in [2.75, 3.05) is 13.1 Å². The van der Waals surface area contributed by atoms with Crippen LogP contribution in [0.15, 0.2) is 24.4 Å². The van der Waals surface area contributed by atoms with E-state index in [-0.39, 0.29) is 0 Å². The van der Waals surface area contributed by atoms with Gasteiger partial charge in [0.25, 0.3) is 0 Å². The lowest BCUT2D eigenvalue weighted by Gasteiger charge is -2.26. The molecule has 1 nitrogen and oxygen atoms in total. The number of allylic oxidation sites excluding steroid dienone is 1. The summed E-state index contributed by atoms with van der Waals surface area (Å²) in [6.45, 7) is 17.6. The number of rotatable bonds is 4. The van der Waals surface area contributed by atoms with Crippen molar-refractivity contribution in [1.29, 1.82) is 0 Å². The first-order chi connectivity index (χ1) is 7.56. The maximum Gasteiger partial charge on any atom is 0.0319 e. The van der Waals surface area contributed by atoms with Gasteiger partial charge >= 0.3 is 0 Å².